The lowest BCUT2D eigenvalue weighted by molar-refractivity contribution is 0.249. The molecule has 1 N–H and O–H groups in total. The molecule has 4 aliphatic rings. The smallest absolute Gasteiger partial charge is 0.0427 e. The molecule has 2 heterocycles. The van der Waals surface area contributed by atoms with Gasteiger partial charge in [0.2, 0.25) is 0 Å². The van der Waals surface area contributed by atoms with E-state index in [4.69, 9.17) is 0 Å². The van der Waals surface area contributed by atoms with Crippen molar-refractivity contribution < 1.29 is 0 Å². The van der Waals surface area contributed by atoms with Gasteiger partial charge >= 0.3 is 0 Å². The second kappa shape index (κ2) is 20.5. The van der Waals surface area contributed by atoms with Crippen LogP contribution in [0.4, 0.5) is 5.69 Å². The molecule has 1 saturated carbocycles. The lowest BCUT2D eigenvalue weighted by atomic mass is 9.91. The summed E-state index contributed by atoms with van der Waals surface area (Å²) in [5.41, 5.74) is 7.37. The molecule has 5 nitrogen and oxygen atoms in total. The molecule has 0 bridgehead atoms. The van der Waals surface area contributed by atoms with Crippen molar-refractivity contribution in [2.45, 2.75) is 96.1 Å². The summed E-state index contributed by atoms with van der Waals surface area (Å²) < 4.78 is 0. The van der Waals surface area contributed by atoms with Crippen LogP contribution in [0.1, 0.15) is 83.1 Å². The molecule has 44 heavy (non-hydrogen) atoms. The maximum Gasteiger partial charge on any atom is 0.0427 e. The summed E-state index contributed by atoms with van der Waals surface area (Å²) in [6.07, 6.45) is 25.9. The monoisotopic (exact) mass is 602 g/mol. The van der Waals surface area contributed by atoms with E-state index in [9.17, 15) is 0 Å². The van der Waals surface area contributed by atoms with Crippen LogP contribution in [0.15, 0.2) is 77.4 Å². The predicted molar refractivity (Wildman–Crippen MR) is 194 cm³/mol. The zero-order valence-corrected chi connectivity index (χ0v) is 28.9. The van der Waals surface area contributed by atoms with Crippen molar-refractivity contribution >= 4 is 11.4 Å². The number of anilines is 1. The molecule has 0 amide bonds. The van der Waals surface area contributed by atoms with Crippen LogP contribution < -0.4 is 10.2 Å². The van der Waals surface area contributed by atoms with E-state index in [-0.39, 0.29) is 0 Å². The van der Waals surface area contributed by atoms with Gasteiger partial charge in [0.1, 0.15) is 0 Å². The van der Waals surface area contributed by atoms with Gasteiger partial charge in [-0.1, -0.05) is 61.1 Å². The van der Waals surface area contributed by atoms with E-state index in [1.165, 1.54) is 99.8 Å². The maximum atomic E-state index is 4.50. The number of nitrogens with one attached hydrogen (secondary N) is 1. The van der Waals surface area contributed by atoms with Crippen LogP contribution in [0.3, 0.4) is 0 Å². The van der Waals surface area contributed by atoms with Crippen molar-refractivity contribution in [3.63, 3.8) is 0 Å². The summed E-state index contributed by atoms with van der Waals surface area (Å²) >= 11 is 0. The zero-order valence-electron chi connectivity index (χ0n) is 28.9. The van der Waals surface area contributed by atoms with E-state index in [2.05, 4.69) is 115 Å². The van der Waals surface area contributed by atoms with E-state index < -0.39 is 0 Å². The van der Waals surface area contributed by atoms with Gasteiger partial charge in [-0.3, -0.25) is 4.99 Å². The third-order valence-corrected chi connectivity index (χ3v) is 9.08. The van der Waals surface area contributed by atoms with Crippen molar-refractivity contribution in [2.24, 2.45) is 4.99 Å². The first-order chi connectivity index (χ1) is 21.4. The van der Waals surface area contributed by atoms with Crippen LogP contribution in [0.2, 0.25) is 0 Å². The molecule has 1 saturated heterocycles. The highest BCUT2D eigenvalue weighted by Crippen LogP contribution is 2.27. The number of piperidine rings is 1. The molecular weight excluding hydrogens is 538 g/mol. The van der Waals surface area contributed by atoms with Crippen LogP contribution in [-0.4, -0.2) is 88.5 Å². The summed E-state index contributed by atoms with van der Waals surface area (Å²) in [6.45, 7) is 11.4. The van der Waals surface area contributed by atoms with Crippen LogP contribution in [-0.2, 0) is 6.42 Å². The Kier molecular flexibility index (Phi) is 16.8. The summed E-state index contributed by atoms with van der Waals surface area (Å²) in [6, 6.07) is 10.2. The predicted octanol–water partition coefficient (Wildman–Crippen LogP) is 7.86. The molecule has 0 unspecified atom stereocenters. The topological polar surface area (TPSA) is 34.1 Å². The summed E-state index contributed by atoms with van der Waals surface area (Å²) in [4.78, 5) is 11.7. The number of benzene rings is 1. The van der Waals surface area contributed by atoms with Gasteiger partial charge in [-0.05, 0) is 129 Å². The Morgan fingerprint density at radius 2 is 1.80 bits per heavy atom. The van der Waals surface area contributed by atoms with E-state index in [0.717, 1.165) is 38.5 Å². The van der Waals surface area contributed by atoms with Gasteiger partial charge in [0.25, 0.3) is 0 Å². The Labute approximate surface area is 270 Å². The molecular formula is C39H63N5. The van der Waals surface area contributed by atoms with E-state index in [1.54, 1.807) is 5.57 Å². The molecule has 0 aromatic heterocycles. The Bertz CT molecular complexity index is 1070. The minimum Gasteiger partial charge on any atom is -0.371 e. The molecule has 2 fully saturated rings. The molecule has 1 aromatic carbocycles. The zero-order chi connectivity index (χ0) is 31.6. The second-order valence-electron chi connectivity index (χ2n) is 13.2. The number of dihydropyridines is 1. The Morgan fingerprint density at radius 1 is 1.02 bits per heavy atom. The first-order valence-corrected chi connectivity index (χ1v) is 17.5. The van der Waals surface area contributed by atoms with Crippen molar-refractivity contribution in [1.29, 1.82) is 0 Å². The normalized spacial score (nSPS) is 19.1. The number of rotatable bonds is 11. The second-order valence-corrected chi connectivity index (χ2v) is 13.2. The molecule has 0 spiro atoms. The standard InChI is InChI=1S/C20H36N4.C10H14.C9H13N/c1-6-21-18(16-22(2)3)15-17-9-7-8-10-20(17)24-13-11-19(12-14-24)23(4)5;1-2-3-7-10-8-5-4-6-9-10;1-2-6-9-8(4-1)5-3-7-10-9/h7-10,18-19,21H,6,11-16H2,1-5H3;2,5,8-9H,1,3-4,6-7H2;5H,1-4,6-7H2/t18-;;/m0../s1. The number of allylic oxidation sites excluding steroid dienone is 6. The van der Waals surface area contributed by atoms with E-state index in [1.807, 2.05) is 6.08 Å². The number of fused-ring (bicyclic) bond motifs is 1. The number of hydrogen-bond acceptors (Lipinski definition) is 5. The lowest BCUT2D eigenvalue weighted by Gasteiger charge is -2.37. The maximum absolute atomic E-state index is 4.50. The number of aliphatic imine (C=N–C) groups is 1. The van der Waals surface area contributed by atoms with Gasteiger partial charge in [0, 0.05) is 49.7 Å². The highest BCUT2D eigenvalue weighted by molar-refractivity contribution is 6.01. The van der Waals surface area contributed by atoms with Crippen LogP contribution >= 0.6 is 0 Å². The van der Waals surface area contributed by atoms with E-state index >= 15 is 0 Å². The molecule has 0 radical (unpaired) electrons. The Balaban J connectivity index is 0.000000215. The lowest BCUT2D eigenvalue weighted by Crippen LogP contribution is -2.43. The fourth-order valence-corrected chi connectivity index (χ4v) is 6.68. The molecule has 2 aliphatic heterocycles. The fraction of sp³-hybridized carbons (Fsp3) is 0.615. The third kappa shape index (κ3) is 12.9. The number of para-hydroxylation sites is 1. The van der Waals surface area contributed by atoms with Crippen molar-refractivity contribution in [1.82, 2.24) is 15.1 Å². The van der Waals surface area contributed by atoms with E-state index in [0.29, 0.717) is 6.04 Å². The molecule has 5 rings (SSSR count). The minimum absolute atomic E-state index is 0.505. The molecule has 244 valence electrons. The van der Waals surface area contributed by atoms with Gasteiger partial charge in [0.15, 0.2) is 0 Å². The number of nitrogens with zero attached hydrogens (tertiary/aromatic N) is 4. The largest absolute Gasteiger partial charge is 0.371 e. The van der Waals surface area contributed by atoms with Crippen LogP contribution in [0.5, 0.6) is 0 Å². The Morgan fingerprint density at radius 3 is 2.45 bits per heavy atom. The molecule has 1 atom stereocenters. The Hall–Kier alpha value is -2.47. The SMILES string of the molecule is C1=C2CCCCC2=NCC1.C=CCCC1=CCCC=C1.CCN[C@@H](Cc1ccccc1N1CCC(N(C)C)CC1)CN(C)C. The molecule has 2 aliphatic carbocycles. The van der Waals surface area contributed by atoms with Crippen molar-refractivity contribution in [3.05, 3.63) is 77.9 Å². The third-order valence-electron chi connectivity index (χ3n) is 9.08. The van der Waals surface area contributed by atoms with Crippen molar-refractivity contribution in [2.75, 3.05) is 65.8 Å². The van der Waals surface area contributed by atoms with Gasteiger partial charge in [-0.25, -0.2) is 0 Å². The van der Waals surface area contributed by atoms with Crippen LogP contribution in [0.25, 0.3) is 0 Å². The highest BCUT2D eigenvalue weighted by atomic mass is 15.2. The number of likely N-dealkylation sites (N-methyl/N-ethyl adjacent to an activating group) is 2. The minimum atomic E-state index is 0.505. The summed E-state index contributed by atoms with van der Waals surface area (Å²) in [5, 5.41) is 3.65. The summed E-state index contributed by atoms with van der Waals surface area (Å²) in [5.74, 6) is 0. The average molecular weight is 602 g/mol. The van der Waals surface area contributed by atoms with Crippen molar-refractivity contribution in [3.8, 4) is 0 Å². The number of hydrogen-bond donors (Lipinski definition) is 1. The molecule has 5 heteroatoms. The van der Waals surface area contributed by atoms with Gasteiger partial charge in [-0.2, -0.15) is 0 Å². The average Bonchev–Trinajstić information content (AvgIpc) is 3.05. The van der Waals surface area contributed by atoms with Crippen LogP contribution in [0, 0.1) is 0 Å². The fourth-order valence-electron chi connectivity index (χ4n) is 6.68. The quantitative estimate of drug-likeness (QED) is 0.262. The first kappa shape index (κ1) is 36.0. The van der Waals surface area contributed by atoms with Gasteiger partial charge in [0.05, 0.1) is 0 Å². The first-order valence-electron chi connectivity index (χ1n) is 17.5. The summed E-state index contributed by atoms with van der Waals surface area (Å²) in [7, 11) is 8.72. The highest BCUT2D eigenvalue weighted by Gasteiger charge is 2.23. The van der Waals surface area contributed by atoms with Gasteiger partial charge in [-0.15, -0.1) is 6.58 Å². The van der Waals surface area contributed by atoms with Gasteiger partial charge < -0.3 is 20.0 Å². The molecule has 1 aromatic rings.